The summed E-state index contributed by atoms with van der Waals surface area (Å²) in [6.07, 6.45) is -1.04. The van der Waals surface area contributed by atoms with Gasteiger partial charge in [-0.15, -0.1) is 0 Å². The molecule has 5 nitrogen and oxygen atoms in total. The van der Waals surface area contributed by atoms with Gasteiger partial charge in [0.15, 0.2) is 0 Å². The van der Waals surface area contributed by atoms with E-state index in [0.29, 0.717) is 16.5 Å². The summed E-state index contributed by atoms with van der Waals surface area (Å²) in [6, 6.07) is 11.2. The Hall–Kier alpha value is -2.96. The summed E-state index contributed by atoms with van der Waals surface area (Å²) in [5.74, 6) is -3.24. The fraction of sp³-hybridized carbons (Fsp3) is 0.125. The van der Waals surface area contributed by atoms with Crippen molar-refractivity contribution in [3.05, 3.63) is 65.7 Å². The van der Waals surface area contributed by atoms with Crippen LogP contribution in [0, 0.1) is 11.6 Å². The normalized spacial score (nSPS) is 10.2. The topological polar surface area (TPSA) is 66.8 Å². The van der Waals surface area contributed by atoms with E-state index in [2.05, 4.69) is 0 Å². The number of hydrogen-bond donors (Lipinski definition) is 1. The monoisotopic (exact) mass is 321 g/mol. The summed E-state index contributed by atoms with van der Waals surface area (Å²) in [5, 5.41) is 8.88. The minimum Gasteiger partial charge on any atom is -0.480 e. The van der Waals surface area contributed by atoms with Crippen molar-refractivity contribution in [2.45, 2.75) is 6.61 Å². The van der Waals surface area contributed by atoms with Crippen molar-refractivity contribution >= 4 is 17.7 Å². The minimum atomic E-state index is -1.36. The van der Waals surface area contributed by atoms with Crippen LogP contribution in [0.5, 0.6) is 0 Å². The third-order valence-electron chi connectivity index (χ3n) is 2.92. The van der Waals surface area contributed by atoms with Gasteiger partial charge in [0.2, 0.25) is 0 Å². The first-order chi connectivity index (χ1) is 11.0. The van der Waals surface area contributed by atoms with Crippen LogP contribution in [-0.4, -0.2) is 23.7 Å². The fourth-order valence-electron chi connectivity index (χ4n) is 1.88. The van der Waals surface area contributed by atoms with Crippen molar-refractivity contribution in [1.29, 1.82) is 0 Å². The number of carboxylic acid groups (broad SMARTS) is 1. The first-order valence-electron chi connectivity index (χ1n) is 6.62. The number of ether oxygens (including phenoxy) is 1. The predicted molar refractivity (Wildman–Crippen MR) is 78.0 cm³/mol. The standard InChI is InChI=1S/C16H13F2NO4/c17-12-6-7-14(13(18)8-12)19(9-15(20)21)16(22)23-10-11-4-2-1-3-5-11/h1-8H,9-10H2,(H,20,21). The Morgan fingerprint density at radius 1 is 1.09 bits per heavy atom. The van der Waals surface area contributed by atoms with Crippen LogP contribution in [0.1, 0.15) is 5.56 Å². The zero-order valence-electron chi connectivity index (χ0n) is 11.9. The molecule has 2 aromatic carbocycles. The third kappa shape index (κ3) is 4.50. The molecule has 1 amide bonds. The summed E-state index contributed by atoms with van der Waals surface area (Å²) in [4.78, 5) is 23.6. The van der Waals surface area contributed by atoms with Gasteiger partial charge in [0.1, 0.15) is 24.8 Å². The molecule has 0 saturated heterocycles. The van der Waals surface area contributed by atoms with Crippen molar-refractivity contribution in [2.75, 3.05) is 11.4 Å². The third-order valence-corrected chi connectivity index (χ3v) is 2.92. The maximum atomic E-state index is 13.8. The Kier molecular flexibility index (Phi) is 5.24. The Labute approximate surface area is 130 Å². The SMILES string of the molecule is O=C(O)CN(C(=O)OCc1ccccc1)c1ccc(F)cc1F. The van der Waals surface area contributed by atoms with Crippen LogP contribution in [0.3, 0.4) is 0 Å². The molecule has 7 heteroatoms. The van der Waals surface area contributed by atoms with Crippen molar-refractivity contribution in [3.63, 3.8) is 0 Å². The van der Waals surface area contributed by atoms with Crippen LogP contribution >= 0.6 is 0 Å². The number of amides is 1. The summed E-state index contributed by atoms with van der Waals surface area (Å²) in [6.45, 7) is -0.908. The van der Waals surface area contributed by atoms with Gasteiger partial charge in [-0.3, -0.25) is 9.69 Å². The van der Waals surface area contributed by atoms with Crippen molar-refractivity contribution < 1.29 is 28.2 Å². The highest BCUT2D eigenvalue weighted by Crippen LogP contribution is 2.21. The molecule has 0 aliphatic carbocycles. The molecule has 120 valence electrons. The fourth-order valence-corrected chi connectivity index (χ4v) is 1.88. The number of carboxylic acids is 1. The molecule has 0 radical (unpaired) electrons. The number of carbonyl (C=O) groups excluding carboxylic acids is 1. The van der Waals surface area contributed by atoms with E-state index in [1.54, 1.807) is 30.3 Å². The molecule has 0 aliphatic heterocycles. The Morgan fingerprint density at radius 3 is 2.39 bits per heavy atom. The molecule has 0 spiro atoms. The second-order valence-electron chi connectivity index (χ2n) is 4.62. The first-order valence-corrected chi connectivity index (χ1v) is 6.62. The highest BCUT2D eigenvalue weighted by atomic mass is 19.1. The van der Waals surface area contributed by atoms with E-state index in [9.17, 15) is 18.4 Å². The van der Waals surface area contributed by atoms with Gasteiger partial charge in [-0.1, -0.05) is 30.3 Å². The summed E-state index contributed by atoms with van der Waals surface area (Å²) in [7, 11) is 0. The van der Waals surface area contributed by atoms with Crippen LogP contribution < -0.4 is 4.90 Å². The van der Waals surface area contributed by atoms with Gasteiger partial charge in [0, 0.05) is 6.07 Å². The van der Waals surface area contributed by atoms with Gasteiger partial charge in [-0.2, -0.15) is 0 Å². The summed E-state index contributed by atoms with van der Waals surface area (Å²) >= 11 is 0. The molecular weight excluding hydrogens is 308 g/mol. The van der Waals surface area contributed by atoms with E-state index in [-0.39, 0.29) is 12.3 Å². The molecule has 0 aromatic heterocycles. The molecule has 2 aromatic rings. The molecular formula is C16H13F2NO4. The van der Waals surface area contributed by atoms with E-state index in [1.165, 1.54) is 0 Å². The zero-order chi connectivity index (χ0) is 16.8. The molecule has 2 rings (SSSR count). The molecule has 0 aliphatic rings. The maximum Gasteiger partial charge on any atom is 0.415 e. The Bertz CT molecular complexity index is 706. The molecule has 0 unspecified atom stereocenters. The largest absolute Gasteiger partial charge is 0.480 e. The average molecular weight is 321 g/mol. The van der Waals surface area contributed by atoms with Crippen LogP contribution in [-0.2, 0) is 16.1 Å². The predicted octanol–water partition coefficient (Wildman–Crippen LogP) is 3.19. The van der Waals surface area contributed by atoms with E-state index >= 15 is 0 Å². The highest BCUT2D eigenvalue weighted by Gasteiger charge is 2.23. The minimum absolute atomic E-state index is 0.0986. The van der Waals surface area contributed by atoms with Crippen LogP contribution in [0.15, 0.2) is 48.5 Å². The second kappa shape index (κ2) is 7.35. The number of carbonyl (C=O) groups is 2. The van der Waals surface area contributed by atoms with Gasteiger partial charge in [0.05, 0.1) is 5.69 Å². The Morgan fingerprint density at radius 2 is 1.78 bits per heavy atom. The quantitative estimate of drug-likeness (QED) is 0.918. The summed E-state index contributed by atoms with van der Waals surface area (Å²) < 4.78 is 31.7. The van der Waals surface area contributed by atoms with Gasteiger partial charge in [0.25, 0.3) is 0 Å². The number of nitrogens with zero attached hydrogens (tertiary/aromatic N) is 1. The first kappa shape index (κ1) is 16.4. The van der Waals surface area contributed by atoms with Gasteiger partial charge in [-0.05, 0) is 17.7 Å². The maximum absolute atomic E-state index is 13.8. The van der Waals surface area contributed by atoms with Crippen LogP contribution in [0.2, 0.25) is 0 Å². The molecule has 23 heavy (non-hydrogen) atoms. The molecule has 1 N–H and O–H groups in total. The number of halogens is 2. The lowest BCUT2D eigenvalue weighted by Crippen LogP contribution is -2.36. The lowest BCUT2D eigenvalue weighted by molar-refractivity contribution is -0.135. The van der Waals surface area contributed by atoms with E-state index in [1.807, 2.05) is 0 Å². The molecule has 0 bridgehead atoms. The molecule has 0 saturated carbocycles. The lowest BCUT2D eigenvalue weighted by atomic mass is 10.2. The number of anilines is 1. The number of hydrogen-bond acceptors (Lipinski definition) is 3. The number of rotatable bonds is 5. The smallest absolute Gasteiger partial charge is 0.415 e. The van der Waals surface area contributed by atoms with Gasteiger partial charge >= 0.3 is 12.1 Å². The van der Waals surface area contributed by atoms with Gasteiger partial charge in [-0.25, -0.2) is 13.6 Å². The van der Waals surface area contributed by atoms with E-state index in [0.717, 1.165) is 12.1 Å². The lowest BCUT2D eigenvalue weighted by Gasteiger charge is -2.20. The van der Waals surface area contributed by atoms with Crippen molar-refractivity contribution in [2.24, 2.45) is 0 Å². The second-order valence-corrected chi connectivity index (χ2v) is 4.62. The zero-order valence-corrected chi connectivity index (χ0v) is 11.9. The van der Waals surface area contributed by atoms with Crippen molar-refractivity contribution in [1.82, 2.24) is 0 Å². The number of benzene rings is 2. The van der Waals surface area contributed by atoms with Crippen molar-refractivity contribution in [3.8, 4) is 0 Å². The summed E-state index contributed by atoms with van der Waals surface area (Å²) in [5.41, 5.74) is 0.322. The molecule has 0 fully saturated rings. The van der Waals surface area contributed by atoms with Gasteiger partial charge < -0.3 is 9.84 Å². The van der Waals surface area contributed by atoms with Crippen LogP contribution in [0.4, 0.5) is 19.3 Å². The van der Waals surface area contributed by atoms with Crippen LogP contribution in [0.25, 0.3) is 0 Å². The number of aliphatic carboxylic acids is 1. The average Bonchev–Trinajstić information content (AvgIpc) is 2.51. The Balaban J connectivity index is 2.17. The highest BCUT2D eigenvalue weighted by molar-refractivity contribution is 5.93. The van der Waals surface area contributed by atoms with E-state index in [4.69, 9.17) is 9.84 Å². The van der Waals surface area contributed by atoms with E-state index < -0.39 is 30.2 Å². The molecule has 0 atom stereocenters. The molecule has 0 heterocycles.